The first-order valence-corrected chi connectivity index (χ1v) is 17.7. The molecule has 2 fully saturated rings. The number of benzene rings is 1. The van der Waals surface area contributed by atoms with Crippen molar-refractivity contribution >= 4 is 21.7 Å². The number of aliphatic hydroxyl groups excluding tert-OH is 2. The number of nitrogens with one attached hydrogen (secondary N) is 2. The molecule has 7 atom stereocenters. The van der Waals surface area contributed by atoms with Gasteiger partial charge in [-0.15, -0.1) is 0 Å². The Kier molecular flexibility index (Phi) is 11.6. The zero-order valence-electron chi connectivity index (χ0n) is 26.4. The van der Waals surface area contributed by atoms with E-state index in [1.165, 1.54) is 6.42 Å². The summed E-state index contributed by atoms with van der Waals surface area (Å²) in [7, 11) is -3.60. The van der Waals surface area contributed by atoms with Crippen LogP contribution in [0, 0.1) is 17.8 Å². The molecule has 0 aliphatic heterocycles. The number of nitrogens with zero attached hydrogens (tertiary/aromatic N) is 2. The van der Waals surface area contributed by atoms with Gasteiger partial charge in [-0.2, -0.15) is 0 Å². The van der Waals surface area contributed by atoms with Crippen molar-refractivity contribution in [2.24, 2.45) is 17.8 Å². The van der Waals surface area contributed by atoms with Gasteiger partial charge >= 0.3 is 0 Å². The first-order chi connectivity index (χ1) is 20.9. The third kappa shape index (κ3) is 8.48. The largest absolute Gasteiger partial charge is 0.390 e. The van der Waals surface area contributed by atoms with E-state index in [4.69, 9.17) is 0 Å². The third-order valence-electron chi connectivity index (χ3n) is 9.22. The molecular formula is C33H50N4O6S. The standard InChI is InChI=1S/C33H50N4O6S/c1-21(2)17-27(38)30(39)25(18-23-11-7-5-8-12-23)35-32(40)26(19-37-16-15-34-20-37)36-33(41)29-28(24-13-9-6-10-14-24)31(29)44(42,43)22(3)4/h6,9-10,13-16,20-23,25-31,38-39H,5,7-8,11-12,17-19H2,1-4H3,(H,35,40)(H,36,41)/t25-,26-,27-,28+,29+,30+,31+/m0/s1. The topological polar surface area (TPSA) is 151 Å². The molecule has 244 valence electrons. The first kappa shape index (κ1) is 34.1. The molecule has 10 nitrogen and oxygen atoms in total. The zero-order chi connectivity index (χ0) is 32.0. The molecule has 0 unspecified atom stereocenters. The average molecular weight is 631 g/mol. The zero-order valence-corrected chi connectivity index (χ0v) is 27.2. The summed E-state index contributed by atoms with van der Waals surface area (Å²) in [6.45, 7) is 7.24. The maximum atomic E-state index is 13.9. The van der Waals surface area contributed by atoms with Gasteiger partial charge in [-0.3, -0.25) is 9.59 Å². The van der Waals surface area contributed by atoms with Crippen molar-refractivity contribution in [1.82, 2.24) is 20.2 Å². The van der Waals surface area contributed by atoms with Gasteiger partial charge in [-0.1, -0.05) is 76.3 Å². The van der Waals surface area contributed by atoms with E-state index < -0.39 is 68.3 Å². The van der Waals surface area contributed by atoms with E-state index in [-0.39, 0.29) is 12.5 Å². The summed E-state index contributed by atoms with van der Waals surface area (Å²) in [5, 5.41) is 26.4. The average Bonchev–Trinajstić information content (AvgIpc) is 3.56. The maximum Gasteiger partial charge on any atom is 0.244 e. The van der Waals surface area contributed by atoms with E-state index >= 15 is 0 Å². The molecule has 0 bridgehead atoms. The molecule has 2 amide bonds. The second-order valence-electron chi connectivity index (χ2n) is 13.4. The normalized spacial score (nSPS) is 23.6. The van der Waals surface area contributed by atoms with Crippen LogP contribution in [0.5, 0.6) is 0 Å². The number of amides is 2. The highest BCUT2D eigenvalue weighted by molar-refractivity contribution is 7.93. The molecular weight excluding hydrogens is 580 g/mol. The summed E-state index contributed by atoms with van der Waals surface area (Å²) in [6.07, 6.45) is 8.92. The first-order valence-electron chi connectivity index (χ1n) is 16.1. The molecule has 2 aromatic rings. The van der Waals surface area contributed by atoms with Crippen LogP contribution in [0.2, 0.25) is 0 Å². The highest BCUT2D eigenvalue weighted by Crippen LogP contribution is 2.53. The Hall–Kier alpha value is -2.76. The molecule has 2 aliphatic rings. The molecule has 0 radical (unpaired) electrons. The van der Waals surface area contributed by atoms with Gasteiger partial charge in [0.1, 0.15) is 12.1 Å². The maximum absolute atomic E-state index is 13.9. The van der Waals surface area contributed by atoms with Gasteiger partial charge in [0.15, 0.2) is 9.84 Å². The van der Waals surface area contributed by atoms with Gasteiger partial charge in [-0.05, 0) is 44.1 Å². The van der Waals surface area contributed by atoms with Crippen LogP contribution in [0.4, 0.5) is 0 Å². The van der Waals surface area contributed by atoms with Gasteiger partial charge in [0.2, 0.25) is 11.8 Å². The van der Waals surface area contributed by atoms with Gasteiger partial charge in [0, 0.05) is 18.3 Å². The van der Waals surface area contributed by atoms with Crippen molar-refractivity contribution in [3.8, 4) is 0 Å². The Morgan fingerprint density at radius 3 is 2.30 bits per heavy atom. The van der Waals surface area contributed by atoms with Crippen LogP contribution in [-0.2, 0) is 26.0 Å². The van der Waals surface area contributed by atoms with E-state index in [9.17, 15) is 28.2 Å². The minimum atomic E-state index is -3.60. The number of carbonyl (C=O) groups excluding carboxylic acids is 2. The lowest BCUT2D eigenvalue weighted by Crippen LogP contribution is -2.56. The van der Waals surface area contributed by atoms with Crippen molar-refractivity contribution in [3.63, 3.8) is 0 Å². The van der Waals surface area contributed by atoms with Crippen LogP contribution in [0.3, 0.4) is 0 Å². The summed E-state index contributed by atoms with van der Waals surface area (Å²) < 4.78 is 28.3. The van der Waals surface area contributed by atoms with E-state index in [2.05, 4.69) is 15.6 Å². The number of aromatic nitrogens is 2. The summed E-state index contributed by atoms with van der Waals surface area (Å²) in [5.41, 5.74) is 0.771. The van der Waals surface area contributed by atoms with E-state index in [0.29, 0.717) is 18.8 Å². The molecule has 4 rings (SSSR count). The SMILES string of the molecule is CC(C)C[C@H](O)[C@H](O)[C@H](CC1CCCCC1)NC(=O)[C@H](Cn1ccnc1)NC(=O)[C@@H]1[C@@H](c2ccccc2)[C@H]1S(=O)(=O)C(C)C. The van der Waals surface area contributed by atoms with E-state index in [0.717, 1.165) is 31.2 Å². The predicted molar refractivity (Wildman–Crippen MR) is 169 cm³/mol. The van der Waals surface area contributed by atoms with Crippen molar-refractivity contribution in [2.75, 3.05) is 0 Å². The molecule has 1 heterocycles. The fraction of sp³-hybridized carbons (Fsp3) is 0.667. The van der Waals surface area contributed by atoms with Crippen molar-refractivity contribution in [1.29, 1.82) is 0 Å². The molecule has 1 aromatic heterocycles. The lowest BCUT2D eigenvalue weighted by atomic mass is 9.82. The lowest BCUT2D eigenvalue weighted by Gasteiger charge is -2.33. The number of aliphatic hydroxyl groups is 2. The highest BCUT2D eigenvalue weighted by atomic mass is 32.2. The molecule has 0 saturated heterocycles. The predicted octanol–water partition coefficient (Wildman–Crippen LogP) is 3.20. The summed E-state index contributed by atoms with van der Waals surface area (Å²) in [5.74, 6) is -1.87. The Balaban J connectivity index is 1.56. The fourth-order valence-corrected chi connectivity index (χ4v) is 8.67. The molecule has 0 spiro atoms. The van der Waals surface area contributed by atoms with Crippen molar-refractivity contribution < 1.29 is 28.2 Å². The van der Waals surface area contributed by atoms with E-state index in [1.807, 2.05) is 44.2 Å². The second-order valence-corrected chi connectivity index (χ2v) is 16.1. The highest BCUT2D eigenvalue weighted by Gasteiger charge is 2.63. The van der Waals surface area contributed by atoms with Gasteiger partial charge in [0.05, 0.1) is 41.4 Å². The van der Waals surface area contributed by atoms with Crippen LogP contribution in [0.25, 0.3) is 0 Å². The van der Waals surface area contributed by atoms with Crippen LogP contribution in [-0.4, -0.2) is 74.8 Å². The number of carbonyl (C=O) groups is 2. The van der Waals surface area contributed by atoms with Crippen molar-refractivity contribution in [3.05, 3.63) is 54.6 Å². The molecule has 44 heavy (non-hydrogen) atoms. The minimum Gasteiger partial charge on any atom is -0.390 e. The quantitative estimate of drug-likeness (QED) is 0.236. The fourth-order valence-electron chi connectivity index (χ4n) is 6.70. The Bertz CT molecular complexity index is 1310. The smallest absolute Gasteiger partial charge is 0.244 e. The molecule has 1 aromatic carbocycles. The van der Waals surface area contributed by atoms with Gasteiger partial charge < -0.3 is 25.4 Å². The van der Waals surface area contributed by atoms with Crippen LogP contribution >= 0.6 is 0 Å². The number of rotatable bonds is 15. The Labute approximate surface area is 262 Å². The molecule has 4 N–H and O–H groups in total. The minimum absolute atomic E-state index is 0.0721. The Morgan fingerprint density at radius 2 is 1.70 bits per heavy atom. The van der Waals surface area contributed by atoms with Crippen LogP contribution in [0.15, 0.2) is 49.1 Å². The summed E-state index contributed by atoms with van der Waals surface area (Å²) >= 11 is 0. The lowest BCUT2D eigenvalue weighted by molar-refractivity contribution is -0.131. The number of hydrogen-bond donors (Lipinski definition) is 4. The third-order valence-corrected chi connectivity index (χ3v) is 11.9. The van der Waals surface area contributed by atoms with Crippen LogP contribution < -0.4 is 10.6 Å². The number of imidazole rings is 1. The van der Waals surface area contributed by atoms with Crippen molar-refractivity contribution in [2.45, 2.75) is 120 Å². The molecule has 11 heteroatoms. The summed E-state index contributed by atoms with van der Waals surface area (Å²) in [6, 6.07) is 7.39. The second kappa shape index (κ2) is 15.0. The summed E-state index contributed by atoms with van der Waals surface area (Å²) in [4.78, 5) is 31.8. The number of hydrogen-bond acceptors (Lipinski definition) is 7. The molecule has 2 aliphatic carbocycles. The monoisotopic (exact) mass is 630 g/mol. The van der Waals surface area contributed by atoms with Crippen LogP contribution in [0.1, 0.15) is 84.1 Å². The van der Waals surface area contributed by atoms with Gasteiger partial charge in [0.25, 0.3) is 0 Å². The number of sulfone groups is 1. The Morgan fingerprint density at radius 1 is 1.02 bits per heavy atom. The van der Waals surface area contributed by atoms with Gasteiger partial charge in [-0.25, -0.2) is 13.4 Å². The molecule has 2 saturated carbocycles. The van der Waals surface area contributed by atoms with E-state index in [1.54, 1.807) is 37.1 Å².